The number of aliphatic hydroxyl groups excluding tert-OH is 2. The van der Waals surface area contributed by atoms with E-state index in [1.807, 2.05) is 18.2 Å². The van der Waals surface area contributed by atoms with Gasteiger partial charge in [0, 0.05) is 6.20 Å². The van der Waals surface area contributed by atoms with Gasteiger partial charge < -0.3 is 20.1 Å². The van der Waals surface area contributed by atoms with Crippen LogP contribution in [0.15, 0.2) is 28.9 Å². The zero-order valence-corrected chi connectivity index (χ0v) is 12.8. The van der Waals surface area contributed by atoms with Gasteiger partial charge in [-0.2, -0.15) is 0 Å². The molecule has 7 nitrogen and oxygen atoms in total. The number of hydrogen-bond acceptors (Lipinski definition) is 6. The Balaban J connectivity index is 1.82. The Morgan fingerprint density at radius 3 is 2.87 bits per heavy atom. The third-order valence-corrected chi connectivity index (χ3v) is 4.27. The van der Waals surface area contributed by atoms with E-state index in [0.29, 0.717) is 24.2 Å². The van der Waals surface area contributed by atoms with Gasteiger partial charge in [0.15, 0.2) is 5.69 Å². The molecule has 2 aromatic rings. The van der Waals surface area contributed by atoms with Crippen molar-refractivity contribution in [3.63, 3.8) is 0 Å². The molecule has 2 heterocycles. The van der Waals surface area contributed by atoms with Gasteiger partial charge in [0.25, 0.3) is 5.91 Å². The molecule has 3 rings (SSSR count). The highest BCUT2D eigenvalue weighted by Gasteiger charge is 2.37. The van der Waals surface area contributed by atoms with Crippen molar-refractivity contribution in [3.05, 3.63) is 47.1 Å². The van der Waals surface area contributed by atoms with Crippen molar-refractivity contribution in [2.75, 3.05) is 0 Å². The molecule has 0 radical (unpaired) electrons. The minimum absolute atomic E-state index is 0.0887. The Morgan fingerprint density at radius 1 is 1.48 bits per heavy atom. The smallest absolute Gasteiger partial charge is 0.274 e. The molecular formula is C16H19N3O4. The van der Waals surface area contributed by atoms with Crippen molar-refractivity contribution >= 4 is 5.91 Å². The Hall–Kier alpha value is -2.25. The van der Waals surface area contributed by atoms with E-state index in [0.717, 1.165) is 5.69 Å². The topological polar surface area (TPSA) is 108 Å². The Bertz CT molecular complexity index is 680. The predicted octanol–water partition coefficient (Wildman–Crippen LogP) is 1.11. The van der Waals surface area contributed by atoms with Crippen LogP contribution in [0.5, 0.6) is 0 Å². The number of rotatable bonds is 5. The van der Waals surface area contributed by atoms with E-state index < -0.39 is 5.91 Å². The predicted molar refractivity (Wildman–Crippen MR) is 80.3 cm³/mol. The maximum Gasteiger partial charge on any atom is 0.274 e. The number of nitrogens with one attached hydrogen (secondary N) is 1. The highest BCUT2D eigenvalue weighted by Crippen LogP contribution is 2.37. The molecule has 7 heteroatoms. The zero-order chi connectivity index (χ0) is 16.4. The molecule has 0 saturated heterocycles. The molecule has 0 spiro atoms. The zero-order valence-electron chi connectivity index (χ0n) is 12.8. The van der Waals surface area contributed by atoms with Gasteiger partial charge >= 0.3 is 0 Å². The van der Waals surface area contributed by atoms with E-state index in [2.05, 4.69) is 15.5 Å². The molecule has 3 N–H and O–H groups in total. The number of aliphatic hydroxyl groups is 2. The molecule has 0 aliphatic heterocycles. The van der Waals surface area contributed by atoms with Crippen LogP contribution in [0.2, 0.25) is 0 Å². The maximum absolute atomic E-state index is 12.5. The van der Waals surface area contributed by atoms with Gasteiger partial charge in [0.05, 0.1) is 30.0 Å². The van der Waals surface area contributed by atoms with E-state index in [9.17, 15) is 15.0 Å². The van der Waals surface area contributed by atoms with Crippen LogP contribution < -0.4 is 5.32 Å². The second kappa shape index (κ2) is 6.47. The number of carbonyl (C=O) groups excluding carboxylic acids is 1. The van der Waals surface area contributed by atoms with E-state index in [4.69, 9.17) is 4.52 Å². The summed E-state index contributed by atoms with van der Waals surface area (Å²) in [7, 11) is 0. The lowest BCUT2D eigenvalue weighted by molar-refractivity contribution is 0.0227. The third-order valence-electron chi connectivity index (χ3n) is 4.27. The summed E-state index contributed by atoms with van der Waals surface area (Å²) in [6.07, 6.45) is 2.58. The highest BCUT2D eigenvalue weighted by atomic mass is 16.5. The van der Waals surface area contributed by atoms with Crippen LogP contribution >= 0.6 is 0 Å². The van der Waals surface area contributed by atoms with E-state index >= 15 is 0 Å². The fourth-order valence-electron chi connectivity index (χ4n) is 2.86. The molecular weight excluding hydrogens is 298 g/mol. The number of nitrogens with zero attached hydrogens (tertiary/aromatic N) is 2. The molecule has 1 fully saturated rings. The molecule has 1 atom stereocenters. The van der Waals surface area contributed by atoms with Gasteiger partial charge in [-0.15, -0.1) is 0 Å². The minimum Gasteiger partial charge on any atom is -0.393 e. The average molecular weight is 317 g/mol. The average Bonchev–Trinajstić information content (AvgIpc) is 2.91. The highest BCUT2D eigenvalue weighted by molar-refractivity contribution is 5.94. The second-order valence-electron chi connectivity index (χ2n) is 5.82. The first-order valence-electron chi connectivity index (χ1n) is 7.56. The standard InChI is InChI=1S/C16H19N3O4/c1-9-12(8-20)15(19-23-9)16(22)18-14(10-6-11(21)7-10)13-4-2-3-5-17-13/h2-5,10-11,14,20-21H,6-8H2,1H3,(H,18,22)/t10?,11?,14-/m1/s1. The number of pyridine rings is 1. The van der Waals surface area contributed by atoms with Crippen LogP contribution in [-0.4, -0.2) is 32.4 Å². The van der Waals surface area contributed by atoms with Gasteiger partial charge in [-0.25, -0.2) is 0 Å². The summed E-state index contributed by atoms with van der Waals surface area (Å²) in [6, 6.07) is 5.20. The normalized spacial score (nSPS) is 21.5. The Labute approximate surface area is 133 Å². The van der Waals surface area contributed by atoms with Crippen molar-refractivity contribution in [1.29, 1.82) is 0 Å². The quantitative estimate of drug-likeness (QED) is 0.762. The molecule has 2 aromatic heterocycles. The summed E-state index contributed by atoms with van der Waals surface area (Å²) in [5, 5.41) is 25.6. The molecule has 0 bridgehead atoms. The number of aryl methyl sites for hydroxylation is 1. The summed E-state index contributed by atoms with van der Waals surface area (Å²) in [5.74, 6) is 0.128. The molecule has 23 heavy (non-hydrogen) atoms. The van der Waals surface area contributed by atoms with Crippen molar-refractivity contribution in [1.82, 2.24) is 15.5 Å². The van der Waals surface area contributed by atoms with Gasteiger partial charge in [-0.05, 0) is 37.8 Å². The van der Waals surface area contributed by atoms with Crippen LogP contribution in [-0.2, 0) is 6.61 Å². The first-order chi connectivity index (χ1) is 11.1. The number of aromatic nitrogens is 2. The van der Waals surface area contributed by atoms with Gasteiger partial charge in [-0.3, -0.25) is 9.78 Å². The third kappa shape index (κ3) is 3.11. The molecule has 1 aliphatic carbocycles. The van der Waals surface area contributed by atoms with Crippen molar-refractivity contribution in [2.24, 2.45) is 5.92 Å². The SMILES string of the molecule is Cc1onc(C(=O)N[C@@H](c2ccccn2)C2CC(O)C2)c1CO. The van der Waals surface area contributed by atoms with Gasteiger partial charge in [-0.1, -0.05) is 11.2 Å². The lowest BCUT2D eigenvalue weighted by Gasteiger charge is -2.37. The van der Waals surface area contributed by atoms with Gasteiger partial charge in [0.2, 0.25) is 0 Å². The van der Waals surface area contributed by atoms with Crippen LogP contribution in [0.4, 0.5) is 0 Å². The number of hydrogen-bond donors (Lipinski definition) is 3. The summed E-state index contributed by atoms with van der Waals surface area (Å²) < 4.78 is 4.99. The lowest BCUT2D eigenvalue weighted by atomic mass is 9.76. The Kier molecular flexibility index (Phi) is 4.40. The monoisotopic (exact) mass is 317 g/mol. The van der Waals surface area contributed by atoms with E-state index in [-0.39, 0.29) is 30.4 Å². The summed E-state index contributed by atoms with van der Waals surface area (Å²) in [6.45, 7) is 1.34. The molecule has 1 aliphatic rings. The number of amides is 1. The molecule has 1 saturated carbocycles. The van der Waals surface area contributed by atoms with E-state index in [1.165, 1.54) is 0 Å². The second-order valence-corrected chi connectivity index (χ2v) is 5.82. The fourth-order valence-corrected chi connectivity index (χ4v) is 2.86. The minimum atomic E-state index is -0.414. The lowest BCUT2D eigenvalue weighted by Crippen LogP contribution is -2.42. The molecule has 122 valence electrons. The summed E-state index contributed by atoms with van der Waals surface area (Å²) >= 11 is 0. The maximum atomic E-state index is 12.5. The molecule has 0 aromatic carbocycles. The van der Waals surface area contributed by atoms with Crippen LogP contribution in [0.25, 0.3) is 0 Å². The largest absolute Gasteiger partial charge is 0.393 e. The van der Waals surface area contributed by atoms with Crippen LogP contribution in [0.3, 0.4) is 0 Å². The van der Waals surface area contributed by atoms with Gasteiger partial charge in [0.1, 0.15) is 5.76 Å². The van der Waals surface area contributed by atoms with E-state index in [1.54, 1.807) is 13.1 Å². The summed E-state index contributed by atoms with van der Waals surface area (Å²) in [4.78, 5) is 16.8. The number of carbonyl (C=O) groups is 1. The first-order valence-corrected chi connectivity index (χ1v) is 7.56. The first kappa shape index (κ1) is 15.6. The van der Waals surface area contributed by atoms with Crippen molar-refractivity contribution in [2.45, 2.75) is 38.5 Å². The molecule has 1 amide bonds. The summed E-state index contributed by atoms with van der Waals surface area (Å²) in [5.41, 5.74) is 1.21. The van der Waals surface area contributed by atoms with Crippen molar-refractivity contribution < 1.29 is 19.5 Å². The van der Waals surface area contributed by atoms with Crippen molar-refractivity contribution in [3.8, 4) is 0 Å². The fraction of sp³-hybridized carbons (Fsp3) is 0.438. The van der Waals surface area contributed by atoms with Crippen LogP contribution in [0, 0.1) is 12.8 Å². The van der Waals surface area contributed by atoms with Crippen LogP contribution in [0.1, 0.15) is 46.4 Å². The molecule has 0 unspecified atom stereocenters. The Morgan fingerprint density at radius 2 is 2.26 bits per heavy atom.